The van der Waals surface area contributed by atoms with Crippen molar-refractivity contribution >= 4 is 11.6 Å². The maximum atomic E-state index is 12.2. The van der Waals surface area contributed by atoms with Crippen molar-refractivity contribution in [2.75, 3.05) is 18.5 Å². The van der Waals surface area contributed by atoms with Crippen molar-refractivity contribution < 1.29 is 14.3 Å². The van der Waals surface area contributed by atoms with Crippen LogP contribution in [0.15, 0.2) is 78.9 Å². The molecule has 3 aromatic carbocycles. The molecule has 0 unspecified atom stereocenters. The Morgan fingerprint density at radius 3 is 2.55 bits per heavy atom. The lowest BCUT2D eigenvalue weighted by atomic mass is 10.1. The molecule has 0 bridgehead atoms. The van der Waals surface area contributed by atoms with Gasteiger partial charge in [0.1, 0.15) is 12.4 Å². The number of carbonyl (C=O) groups excluding carboxylic acids is 1. The average Bonchev–Trinajstić information content (AvgIpc) is 2.81. The van der Waals surface area contributed by atoms with Gasteiger partial charge in [-0.05, 0) is 48.2 Å². The minimum atomic E-state index is -0.0504. The number of amides is 1. The molecule has 3 aromatic rings. The van der Waals surface area contributed by atoms with Gasteiger partial charge in [0, 0.05) is 24.8 Å². The second kappa shape index (κ2) is 12.2. The lowest BCUT2D eigenvalue weighted by Crippen LogP contribution is -2.12. The highest BCUT2D eigenvalue weighted by molar-refractivity contribution is 5.90. The summed E-state index contributed by atoms with van der Waals surface area (Å²) in [6.07, 6.45) is 1.95. The van der Waals surface area contributed by atoms with Gasteiger partial charge < -0.3 is 14.8 Å². The number of carbonyl (C=O) groups is 1. The number of anilines is 1. The van der Waals surface area contributed by atoms with Crippen LogP contribution in [0.25, 0.3) is 0 Å². The monoisotopic (exact) mass is 414 g/mol. The van der Waals surface area contributed by atoms with E-state index < -0.39 is 0 Å². The maximum absolute atomic E-state index is 12.2. The lowest BCUT2D eigenvalue weighted by molar-refractivity contribution is -0.116. The Kier molecular flexibility index (Phi) is 8.66. The molecule has 3 rings (SSSR count). The summed E-state index contributed by atoms with van der Waals surface area (Å²) in [7, 11) is 0. The van der Waals surface area contributed by atoms with E-state index in [1.165, 1.54) is 5.56 Å². The summed E-state index contributed by atoms with van der Waals surface area (Å²) >= 11 is 0. The normalized spacial score (nSPS) is 10.3. The highest BCUT2D eigenvalue weighted by Gasteiger charge is 2.04. The SMILES string of the molecule is N#Cc1cccc(COc2cccc(NC(=O)CCCOCCc3ccccc3)c2)c1. The van der Waals surface area contributed by atoms with Gasteiger partial charge in [-0.1, -0.05) is 48.5 Å². The zero-order chi connectivity index (χ0) is 21.7. The van der Waals surface area contributed by atoms with Crippen LogP contribution >= 0.6 is 0 Å². The molecule has 0 aliphatic heterocycles. The third-order valence-corrected chi connectivity index (χ3v) is 4.65. The number of nitrogens with one attached hydrogen (secondary N) is 1. The first kappa shape index (κ1) is 22.1. The Morgan fingerprint density at radius 2 is 1.71 bits per heavy atom. The van der Waals surface area contributed by atoms with E-state index in [1.807, 2.05) is 48.5 Å². The third kappa shape index (κ3) is 7.96. The van der Waals surface area contributed by atoms with Crippen LogP contribution in [0, 0.1) is 11.3 Å². The predicted octanol–water partition coefficient (Wildman–Crippen LogP) is 5.12. The predicted molar refractivity (Wildman–Crippen MR) is 121 cm³/mol. The summed E-state index contributed by atoms with van der Waals surface area (Å²) in [6, 6.07) is 26.9. The van der Waals surface area contributed by atoms with Gasteiger partial charge in [-0.2, -0.15) is 5.26 Å². The molecular formula is C26H26N2O3. The van der Waals surface area contributed by atoms with Crippen LogP contribution in [0.5, 0.6) is 5.75 Å². The van der Waals surface area contributed by atoms with Gasteiger partial charge in [-0.15, -0.1) is 0 Å². The Bertz CT molecular complexity index is 1010. The van der Waals surface area contributed by atoms with E-state index in [-0.39, 0.29) is 5.91 Å². The molecule has 1 amide bonds. The minimum absolute atomic E-state index is 0.0504. The summed E-state index contributed by atoms with van der Waals surface area (Å²) in [5.74, 6) is 0.606. The van der Waals surface area contributed by atoms with Crippen LogP contribution in [0.4, 0.5) is 5.69 Å². The molecule has 0 saturated carbocycles. The molecule has 5 heteroatoms. The molecule has 1 N–H and O–H groups in total. The van der Waals surface area contributed by atoms with Gasteiger partial charge in [0.25, 0.3) is 0 Å². The van der Waals surface area contributed by atoms with Gasteiger partial charge >= 0.3 is 0 Å². The second-order valence-corrected chi connectivity index (χ2v) is 7.13. The fraction of sp³-hybridized carbons (Fsp3) is 0.231. The first-order chi connectivity index (χ1) is 15.2. The number of hydrogen-bond acceptors (Lipinski definition) is 4. The van der Waals surface area contributed by atoms with Crippen molar-refractivity contribution in [1.82, 2.24) is 0 Å². The van der Waals surface area contributed by atoms with Gasteiger partial charge in [0.15, 0.2) is 0 Å². The lowest BCUT2D eigenvalue weighted by Gasteiger charge is -2.10. The molecule has 0 spiro atoms. The summed E-state index contributed by atoms with van der Waals surface area (Å²) in [4.78, 5) is 12.2. The van der Waals surface area contributed by atoms with Crippen LogP contribution in [-0.2, 0) is 22.6 Å². The number of nitrogens with zero attached hydrogens (tertiary/aromatic N) is 1. The minimum Gasteiger partial charge on any atom is -0.489 e. The number of nitriles is 1. The third-order valence-electron chi connectivity index (χ3n) is 4.65. The van der Waals surface area contributed by atoms with Crippen molar-refractivity contribution in [2.24, 2.45) is 0 Å². The van der Waals surface area contributed by atoms with Crippen molar-refractivity contribution in [3.63, 3.8) is 0 Å². The largest absolute Gasteiger partial charge is 0.489 e. The second-order valence-electron chi connectivity index (χ2n) is 7.13. The average molecular weight is 415 g/mol. The van der Waals surface area contributed by atoms with Crippen molar-refractivity contribution in [2.45, 2.75) is 25.9 Å². The molecule has 0 atom stereocenters. The molecule has 0 aliphatic rings. The van der Waals surface area contributed by atoms with Crippen molar-refractivity contribution in [3.8, 4) is 11.8 Å². The molecule has 0 heterocycles. The fourth-order valence-electron chi connectivity index (χ4n) is 3.06. The van der Waals surface area contributed by atoms with Gasteiger partial charge in [0.05, 0.1) is 18.2 Å². The zero-order valence-electron chi connectivity index (χ0n) is 17.4. The number of ether oxygens (including phenoxy) is 2. The van der Waals surface area contributed by atoms with Crippen molar-refractivity contribution in [1.29, 1.82) is 5.26 Å². The maximum Gasteiger partial charge on any atom is 0.224 e. The zero-order valence-corrected chi connectivity index (χ0v) is 17.4. The number of rotatable bonds is 11. The number of benzene rings is 3. The summed E-state index contributed by atoms with van der Waals surface area (Å²) in [6.45, 7) is 1.57. The Balaban J connectivity index is 1.35. The molecule has 158 valence electrons. The van der Waals surface area contributed by atoms with Crippen LogP contribution in [0.2, 0.25) is 0 Å². The topological polar surface area (TPSA) is 71.3 Å². The Hall–Kier alpha value is -3.62. The van der Waals surface area contributed by atoms with E-state index in [2.05, 4.69) is 23.5 Å². The quantitative estimate of drug-likeness (QED) is 0.442. The van der Waals surface area contributed by atoms with Crippen LogP contribution in [-0.4, -0.2) is 19.1 Å². The smallest absolute Gasteiger partial charge is 0.224 e. The Labute approximate surface area is 183 Å². The first-order valence-corrected chi connectivity index (χ1v) is 10.4. The van der Waals surface area contributed by atoms with Gasteiger partial charge in [0.2, 0.25) is 5.91 Å². The van der Waals surface area contributed by atoms with E-state index in [4.69, 9.17) is 14.7 Å². The summed E-state index contributed by atoms with van der Waals surface area (Å²) in [5.41, 5.74) is 3.46. The highest BCUT2D eigenvalue weighted by atomic mass is 16.5. The van der Waals surface area contributed by atoms with E-state index in [0.717, 1.165) is 12.0 Å². The van der Waals surface area contributed by atoms with E-state index >= 15 is 0 Å². The highest BCUT2D eigenvalue weighted by Crippen LogP contribution is 2.19. The standard InChI is InChI=1S/C26H26N2O3/c27-19-22-9-4-10-23(17-22)20-31-25-12-5-11-24(18-25)28-26(29)13-6-15-30-16-14-21-7-2-1-3-8-21/h1-5,7-12,17-18H,6,13-16,20H2,(H,28,29). The molecule has 0 radical (unpaired) electrons. The molecule has 0 aliphatic carbocycles. The van der Waals surface area contributed by atoms with Gasteiger partial charge in [-0.25, -0.2) is 0 Å². The summed E-state index contributed by atoms with van der Waals surface area (Å²) in [5, 5.41) is 11.9. The van der Waals surface area contributed by atoms with Crippen LogP contribution in [0.3, 0.4) is 0 Å². The summed E-state index contributed by atoms with van der Waals surface area (Å²) < 4.78 is 11.4. The molecular weight excluding hydrogens is 388 g/mol. The van der Waals surface area contributed by atoms with Gasteiger partial charge in [-0.3, -0.25) is 4.79 Å². The number of hydrogen-bond donors (Lipinski definition) is 1. The van der Waals surface area contributed by atoms with Crippen molar-refractivity contribution in [3.05, 3.63) is 95.6 Å². The van der Waals surface area contributed by atoms with E-state index in [1.54, 1.807) is 18.2 Å². The molecule has 0 fully saturated rings. The first-order valence-electron chi connectivity index (χ1n) is 10.4. The molecule has 31 heavy (non-hydrogen) atoms. The fourth-order valence-corrected chi connectivity index (χ4v) is 3.06. The van der Waals surface area contributed by atoms with Crippen LogP contribution < -0.4 is 10.1 Å². The molecule has 0 saturated heterocycles. The Morgan fingerprint density at radius 1 is 0.903 bits per heavy atom. The van der Waals surface area contributed by atoms with E-state index in [9.17, 15) is 4.79 Å². The van der Waals surface area contributed by atoms with E-state index in [0.29, 0.717) is 49.7 Å². The molecule has 0 aromatic heterocycles. The molecule has 5 nitrogen and oxygen atoms in total. The van der Waals surface area contributed by atoms with Crippen LogP contribution in [0.1, 0.15) is 29.5 Å².